The van der Waals surface area contributed by atoms with Crippen molar-refractivity contribution in [3.8, 4) is 5.82 Å². The predicted octanol–water partition coefficient (Wildman–Crippen LogP) is 4.22. The molecule has 0 bridgehead atoms. The van der Waals surface area contributed by atoms with Crippen LogP contribution in [0.5, 0.6) is 0 Å². The van der Waals surface area contributed by atoms with Gasteiger partial charge in [0.05, 0.1) is 5.75 Å². The first-order valence-electron chi connectivity index (χ1n) is 8.86. The van der Waals surface area contributed by atoms with Crippen LogP contribution in [-0.4, -0.2) is 33.8 Å². The van der Waals surface area contributed by atoms with Gasteiger partial charge in [-0.1, -0.05) is 23.4 Å². The summed E-state index contributed by atoms with van der Waals surface area (Å²) in [5, 5.41) is 4.00. The molecular weight excluding hydrogens is 376 g/mol. The van der Waals surface area contributed by atoms with E-state index in [1.54, 1.807) is 12.1 Å². The van der Waals surface area contributed by atoms with Crippen LogP contribution in [0.15, 0.2) is 45.8 Å². The zero-order valence-corrected chi connectivity index (χ0v) is 17.1. The molecular formula is C21H22N2O4S. The van der Waals surface area contributed by atoms with Gasteiger partial charge in [-0.25, -0.2) is 0 Å². The van der Waals surface area contributed by atoms with Gasteiger partial charge in [-0.05, 0) is 45.4 Å². The Morgan fingerprint density at radius 2 is 1.89 bits per heavy atom. The van der Waals surface area contributed by atoms with E-state index < -0.39 is 5.97 Å². The molecule has 2 heterocycles. The Morgan fingerprint density at radius 3 is 2.57 bits per heavy atom. The molecule has 3 rings (SSSR count). The Labute approximate surface area is 167 Å². The summed E-state index contributed by atoms with van der Waals surface area (Å²) in [6, 6.07) is 11.4. The highest BCUT2D eigenvalue weighted by Gasteiger charge is 2.19. The van der Waals surface area contributed by atoms with Crippen LogP contribution in [0, 0.1) is 27.7 Å². The number of esters is 1. The summed E-state index contributed by atoms with van der Waals surface area (Å²) in [4.78, 5) is 25.6. The van der Waals surface area contributed by atoms with Crippen LogP contribution in [0.2, 0.25) is 0 Å². The van der Waals surface area contributed by atoms with Crippen molar-refractivity contribution in [1.29, 1.82) is 0 Å². The van der Waals surface area contributed by atoms with Gasteiger partial charge in [-0.3, -0.25) is 14.2 Å². The monoisotopic (exact) mass is 398 g/mol. The normalized spacial score (nSPS) is 10.9. The third-order valence-electron chi connectivity index (χ3n) is 4.38. The molecule has 0 N–H and O–H groups in total. The second-order valence-corrected chi connectivity index (χ2v) is 7.57. The van der Waals surface area contributed by atoms with Crippen molar-refractivity contribution in [2.75, 3.05) is 12.4 Å². The number of ether oxygens (including phenoxy) is 1. The maximum Gasteiger partial charge on any atom is 0.316 e. The van der Waals surface area contributed by atoms with E-state index in [-0.39, 0.29) is 18.1 Å². The lowest BCUT2D eigenvalue weighted by atomic mass is 10.1. The van der Waals surface area contributed by atoms with Crippen LogP contribution in [0.25, 0.3) is 5.82 Å². The Hall–Kier alpha value is -2.80. The molecule has 0 aliphatic carbocycles. The van der Waals surface area contributed by atoms with Gasteiger partial charge in [0.2, 0.25) is 5.78 Å². The van der Waals surface area contributed by atoms with E-state index in [2.05, 4.69) is 5.16 Å². The average molecular weight is 398 g/mol. The fourth-order valence-corrected chi connectivity index (χ4v) is 3.80. The number of carbonyl (C=O) groups excluding carboxylic acids is 2. The number of Topliss-reactive ketones (excluding diaryl/α,β-unsaturated/α-hetero) is 1. The number of hydrogen-bond donors (Lipinski definition) is 0. The molecule has 0 saturated heterocycles. The number of ketones is 1. The SMILES string of the molecule is Cc1cc(-n2c(C)cc(C(=O)COC(=O)CSc3ccccc3C)c2C)no1. The lowest BCUT2D eigenvalue weighted by molar-refractivity contribution is -0.139. The number of aryl methyl sites for hydroxylation is 3. The number of hydrogen-bond acceptors (Lipinski definition) is 6. The Kier molecular flexibility index (Phi) is 6.04. The molecule has 1 aromatic carbocycles. The van der Waals surface area contributed by atoms with E-state index in [1.807, 2.05) is 56.5 Å². The van der Waals surface area contributed by atoms with Gasteiger partial charge >= 0.3 is 5.97 Å². The first-order chi connectivity index (χ1) is 13.4. The number of aromatic nitrogens is 2. The molecule has 0 spiro atoms. The third-order valence-corrected chi connectivity index (χ3v) is 5.53. The van der Waals surface area contributed by atoms with Gasteiger partial charge in [0.25, 0.3) is 0 Å². The molecule has 28 heavy (non-hydrogen) atoms. The fraction of sp³-hybridized carbons (Fsp3) is 0.286. The van der Waals surface area contributed by atoms with Crippen molar-refractivity contribution in [2.24, 2.45) is 0 Å². The standard InChI is InChI=1S/C21H22N2O4S/c1-13-7-5-6-8-19(13)28-12-21(25)26-11-18(24)17-9-14(2)23(16(17)4)20-10-15(3)27-22-20/h5-10H,11-12H2,1-4H3. The van der Waals surface area contributed by atoms with Crippen LogP contribution in [0.3, 0.4) is 0 Å². The third kappa shape index (κ3) is 4.36. The van der Waals surface area contributed by atoms with Crippen molar-refractivity contribution in [1.82, 2.24) is 9.72 Å². The molecule has 2 aromatic heterocycles. The molecule has 3 aromatic rings. The van der Waals surface area contributed by atoms with Gasteiger partial charge in [-0.15, -0.1) is 11.8 Å². The van der Waals surface area contributed by atoms with Crippen molar-refractivity contribution in [3.63, 3.8) is 0 Å². The van der Waals surface area contributed by atoms with E-state index >= 15 is 0 Å². The molecule has 7 heteroatoms. The molecule has 0 unspecified atom stereocenters. The van der Waals surface area contributed by atoms with Gasteiger partial charge in [0, 0.05) is 27.9 Å². The minimum Gasteiger partial charge on any atom is -0.457 e. The molecule has 0 amide bonds. The van der Waals surface area contributed by atoms with Crippen molar-refractivity contribution in [3.05, 3.63) is 64.7 Å². The van der Waals surface area contributed by atoms with Crippen LogP contribution in [0.1, 0.15) is 33.1 Å². The van der Waals surface area contributed by atoms with Gasteiger partial charge in [-0.2, -0.15) is 0 Å². The van der Waals surface area contributed by atoms with Crippen LogP contribution < -0.4 is 0 Å². The van der Waals surface area contributed by atoms with Gasteiger partial charge in [0.15, 0.2) is 12.4 Å². The number of benzene rings is 1. The summed E-state index contributed by atoms with van der Waals surface area (Å²) in [7, 11) is 0. The Balaban J connectivity index is 1.61. The lowest BCUT2D eigenvalue weighted by Crippen LogP contribution is -2.16. The molecule has 6 nitrogen and oxygen atoms in total. The summed E-state index contributed by atoms with van der Waals surface area (Å²) in [5.74, 6) is 0.819. The van der Waals surface area contributed by atoms with Crippen molar-refractivity contribution in [2.45, 2.75) is 32.6 Å². The zero-order valence-electron chi connectivity index (χ0n) is 16.3. The van der Waals surface area contributed by atoms with Crippen LogP contribution >= 0.6 is 11.8 Å². The van der Waals surface area contributed by atoms with E-state index in [4.69, 9.17) is 9.26 Å². The average Bonchev–Trinajstić information content (AvgIpc) is 3.21. The van der Waals surface area contributed by atoms with Crippen molar-refractivity contribution < 1.29 is 18.8 Å². The minimum absolute atomic E-state index is 0.162. The summed E-state index contributed by atoms with van der Waals surface area (Å²) >= 11 is 1.40. The topological polar surface area (TPSA) is 74.3 Å². The second kappa shape index (κ2) is 8.48. The first kappa shape index (κ1) is 19.9. The van der Waals surface area contributed by atoms with E-state index in [0.717, 1.165) is 21.8 Å². The van der Waals surface area contributed by atoms with Gasteiger partial charge < -0.3 is 9.26 Å². The number of nitrogens with zero attached hydrogens (tertiary/aromatic N) is 2. The lowest BCUT2D eigenvalue weighted by Gasteiger charge is -2.07. The Morgan fingerprint density at radius 1 is 1.14 bits per heavy atom. The fourth-order valence-electron chi connectivity index (χ4n) is 2.98. The molecule has 0 saturated carbocycles. The van der Waals surface area contributed by atoms with E-state index in [1.165, 1.54) is 11.8 Å². The maximum absolute atomic E-state index is 12.6. The highest BCUT2D eigenvalue weighted by atomic mass is 32.2. The van der Waals surface area contributed by atoms with Gasteiger partial charge in [0.1, 0.15) is 5.76 Å². The number of carbonyl (C=O) groups is 2. The van der Waals surface area contributed by atoms with Crippen molar-refractivity contribution >= 4 is 23.5 Å². The first-order valence-corrected chi connectivity index (χ1v) is 9.85. The summed E-state index contributed by atoms with van der Waals surface area (Å²) in [6.45, 7) is 7.24. The van der Waals surface area contributed by atoms with E-state index in [9.17, 15) is 9.59 Å². The highest BCUT2D eigenvalue weighted by molar-refractivity contribution is 8.00. The number of rotatable bonds is 7. The largest absolute Gasteiger partial charge is 0.457 e. The summed E-state index contributed by atoms with van der Waals surface area (Å²) in [5.41, 5.74) is 3.21. The second-order valence-electron chi connectivity index (χ2n) is 6.55. The Bertz CT molecular complexity index is 1020. The zero-order chi connectivity index (χ0) is 20.3. The summed E-state index contributed by atoms with van der Waals surface area (Å²) < 4.78 is 12.1. The smallest absolute Gasteiger partial charge is 0.316 e. The number of thioether (sulfide) groups is 1. The molecule has 146 valence electrons. The molecule has 0 fully saturated rings. The summed E-state index contributed by atoms with van der Waals surface area (Å²) in [6.07, 6.45) is 0. The van der Waals surface area contributed by atoms with Crippen LogP contribution in [-0.2, 0) is 9.53 Å². The molecule has 0 radical (unpaired) electrons. The predicted molar refractivity (Wildman–Crippen MR) is 107 cm³/mol. The molecule has 0 aliphatic rings. The van der Waals surface area contributed by atoms with Crippen LogP contribution in [0.4, 0.5) is 0 Å². The molecule has 0 aliphatic heterocycles. The quantitative estimate of drug-likeness (QED) is 0.337. The molecule has 0 atom stereocenters. The maximum atomic E-state index is 12.6. The van der Waals surface area contributed by atoms with E-state index in [0.29, 0.717) is 17.1 Å². The highest BCUT2D eigenvalue weighted by Crippen LogP contribution is 2.23. The minimum atomic E-state index is -0.414.